The maximum atomic E-state index is 11.7. The molecule has 5 nitrogen and oxygen atoms in total. The van der Waals surface area contributed by atoms with Gasteiger partial charge in [-0.05, 0) is 26.0 Å². The van der Waals surface area contributed by atoms with Crippen molar-refractivity contribution < 1.29 is 0 Å². The third-order valence-electron chi connectivity index (χ3n) is 2.32. The molecule has 0 fully saturated rings. The highest BCUT2D eigenvalue weighted by Gasteiger charge is 2.12. The molecule has 1 aromatic heterocycles. The lowest BCUT2D eigenvalue weighted by molar-refractivity contribution is 0.463. The monoisotopic (exact) mass is 219 g/mol. The van der Waals surface area contributed by atoms with Crippen molar-refractivity contribution in [2.75, 3.05) is 0 Å². The molecule has 1 N–H and O–H groups in total. The molecule has 2 aromatic rings. The Labute approximate surface area is 91.9 Å². The number of aromatic amines is 1. The molecule has 0 bridgehead atoms. The SMILES string of the molecule is CC(C)n1c(=O)[nH]c(=O)n1-c1ccccc1. The van der Waals surface area contributed by atoms with Crippen LogP contribution in [0.1, 0.15) is 19.9 Å². The van der Waals surface area contributed by atoms with E-state index in [0.29, 0.717) is 5.69 Å². The molecule has 5 heteroatoms. The van der Waals surface area contributed by atoms with Crippen LogP contribution in [0.25, 0.3) is 5.69 Å². The van der Waals surface area contributed by atoms with Gasteiger partial charge in [-0.3, -0.25) is 4.98 Å². The molecule has 0 atom stereocenters. The van der Waals surface area contributed by atoms with E-state index in [1.165, 1.54) is 9.36 Å². The molecule has 0 spiro atoms. The fraction of sp³-hybridized carbons (Fsp3) is 0.273. The van der Waals surface area contributed by atoms with E-state index in [4.69, 9.17) is 0 Å². The number of hydrogen-bond donors (Lipinski definition) is 1. The normalized spacial score (nSPS) is 10.9. The summed E-state index contributed by atoms with van der Waals surface area (Å²) >= 11 is 0. The van der Waals surface area contributed by atoms with E-state index in [0.717, 1.165) is 0 Å². The quantitative estimate of drug-likeness (QED) is 0.816. The van der Waals surface area contributed by atoms with Crippen LogP contribution in [0.15, 0.2) is 39.9 Å². The first-order valence-corrected chi connectivity index (χ1v) is 5.10. The average Bonchev–Trinajstić information content (AvgIpc) is 2.55. The Morgan fingerprint density at radius 3 is 2.25 bits per heavy atom. The summed E-state index contributed by atoms with van der Waals surface area (Å²) in [6.07, 6.45) is 0. The molecular weight excluding hydrogens is 206 g/mol. The second kappa shape index (κ2) is 3.84. The lowest BCUT2D eigenvalue weighted by Crippen LogP contribution is -2.26. The van der Waals surface area contributed by atoms with Crippen LogP contribution in [0.5, 0.6) is 0 Å². The van der Waals surface area contributed by atoms with E-state index >= 15 is 0 Å². The molecule has 0 aliphatic carbocycles. The molecule has 0 unspecified atom stereocenters. The fourth-order valence-electron chi connectivity index (χ4n) is 1.67. The zero-order valence-electron chi connectivity index (χ0n) is 9.18. The van der Waals surface area contributed by atoms with Gasteiger partial charge in [0.2, 0.25) is 0 Å². The van der Waals surface area contributed by atoms with Gasteiger partial charge in [0.05, 0.1) is 11.7 Å². The van der Waals surface area contributed by atoms with Crippen LogP contribution in [0.2, 0.25) is 0 Å². The highest BCUT2D eigenvalue weighted by atomic mass is 16.2. The smallest absolute Gasteiger partial charge is 0.256 e. The van der Waals surface area contributed by atoms with Crippen molar-refractivity contribution in [2.24, 2.45) is 0 Å². The molecule has 0 amide bonds. The molecule has 0 saturated carbocycles. The van der Waals surface area contributed by atoms with Crippen molar-refractivity contribution in [1.29, 1.82) is 0 Å². The number of aromatic nitrogens is 3. The number of H-pyrrole nitrogens is 1. The van der Waals surface area contributed by atoms with Gasteiger partial charge < -0.3 is 0 Å². The molecule has 0 aliphatic rings. The van der Waals surface area contributed by atoms with Crippen molar-refractivity contribution in [1.82, 2.24) is 14.3 Å². The number of para-hydroxylation sites is 1. The highest BCUT2D eigenvalue weighted by Crippen LogP contribution is 2.06. The number of nitrogens with zero attached hydrogens (tertiary/aromatic N) is 2. The van der Waals surface area contributed by atoms with Crippen LogP contribution < -0.4 is 11.4 Å². The molecule has 1 aromatic carbocycles. The zero-order chi connectivity index (χ0) is 11.7. The lowest BCUT2D eigenvalue weighted by atomic mass is 10.3. The minimum atomic E-state index is -0.412. The Bertz CT molecular complexity index is 590. The summed E-state index contributed by atoms with van der Waals surface area (Å²) in [6.45, 7) is 3.71. The molecule has 0 radical (unpaired) electrons. The van der Waals surface area contributed by atoms with Crippen molar-refractivity contribution in [2.45, 2.75) is 19.9 Å². The second-order valence-corrected chi connectivity index (χ2v) is 3.82. The second-order valence-electron chi connectivity index (χ2n) is 3.82. The van der Waals surface area contributed by atoms with Gasteiger partial charge in [0.15, 0.2) is 0 Å². The van der Waals surface area contributed by atoms with Crippen molar-refractivity contribution in [3.05, 3.63) is 51.3 Å². The molecule has 1 heterocycles. The summed E-state index contributed by atoms with van der Waals surface area (Å²) in [5, 5.41) is 0. The molecule has 0 aliphatic heterocycles. The Hall–Kier alpha value is -2.04. The van der Waals surface area contributed by atoms with E-state index in [1.54, 1.807) is 12.1 Å². The van der Waals surface area contributed by atoms with E-state index in [9.17, 15) is 9.59 Å². The first kappa shape index (κ1) is 10.5. The van der Waals surface area contributed by atoms with Crippen LogP contribution in [0.3, 0.4) is 0 Å². The minimum Gasteiger partial charge on any atom is -0.256 e. The minimum absolute atomic E-state index is 0.0772. The Balaban J connectivity index is 2.75. The summed E-state index contributed by atoms with van der Waals surface area (Å²) in [5.41, 5.74) is -0.117. The van der Waals surface area contributed by atoms with E-state index < -0.39 is 5.69 Å². The van der Waals surface area contributed by atoms with E-state index in [-0.39, 0.29) is 11.7 Å². The van der Waals surface area contributed by atoms with E-state index in [2.05, 4.69) is 4.98 Å². The topological polar surface area (TPSA) is 59.8 Å². The average molecular weight is 219 g/mol. The summed E-state index contributed by atoms with van der Waals surface area (Å²) in [6, 6.07) is 9.00. The maximum Gasteiger partial charge on any atom is 0.349 e. The third-order valence-corrected chi connectivity index (χ3v) is 2.32. The highest BCUT2D eigenvalue weighted by molar-refractivity contribution is 5.29. The predicted molar refractivity (Wildman–Crippen MR) is 61.0 cm³/mol. The van der Waals surface area contributed by atoms with Crippen molar-refractivity contribution in [3.63, 3.8) is 0 Å². The van der Waals surface area contributed by atoms with Gasteiger partial charge in [-0.2, -0.15) is 4.68 Å². The van der Waals surface area contributed by atoms with Crippen LogP contribution in [0, 0.1) is 0 Å². The molecule has 16 heavy (non-hydrogen) atoms. The molecular formula is C11H13N3O2. The Morgan fingerprint density at radius 1 is 1.06 bits per heavy atom. The van der Waals surface area contributed by atoms with Gasteiger partial charge in [0.1, 0.15) is 0 Å². The summed E-state index contributed by atoms with van der Waals surface area (Å²) in [5.74, 6) is 0. The van der Waals surface area contributed by atoms with Crippen molar-refractivity contribution >= 4 is 0 Å². The summed E-state index contributed by atoms with van der Waals surface area (Å²) in [4.78, 5) is 25.5. The van der Waals surface area contributed by atoms with E-state index in [1.807, 2.05) is 32.0 Å². The van der Waals surface area contributed by atoms with Gasteiger partial charge in [-0.25, -0.2) is 14.3 Å². The molecule has 84 valence electrons. The summed E-state index contributed by atoms with van der Waals surface area (Å²) < 4.78 is 2.75. The first-order valence-electron chi connectivity index (χ1n) is 5.10. The fourth-order valence-corrected chi connectivity index (χ4v) is 1.67. The summed E-state index contributed by atoms with van der Waals surface area (Å²) in [7, 11) is 0. The van der Waals surface area contributed by atoms with Crippen LogP contribution >= 0.6 is 0 Å². The lowest BCUT2D eigenvalue weighted by Gasteiger charge is -2.12. The molecule has 0 saturated heterocycles. The number of rotatable bonds is 2. The van der Waals surface area contributed by atoms with Crippen LogP contribution in [0.4, 0.5) is 0 Å². The van der Waals surface area contributed by atoms with Gasteiger partial charge in [-0.1, -0.05) is 18.2 Å². The van der Waals surface area contributed by atoms with Gasteiger partial charge >= 0.3 is 11.4 Å². The maximum absolute atomic E-state index is 11.7. The van der Waals surface area contributed by atoms with Crippen LogP contribution in [-0.2, 0) is 0 Å². The largest absolute Gasteiger partial charge is 0.349 e. The predicted octanol–water partition coefficient (Wildman–Crippen LogP) is 0.908. The Kier molecular flexibility index (Phi) is 2.52. The van der Waals surface area contributed by atoms with Gasteiger partial charge in [-0.15, -0.1) is 0 Å². The van der Waals surface area contributed by atoms with Gasteiger partial charge in [0, 0.05) is 0 Å². The van der Waals surface area contributed by atoms with Crippen molar-refractivity contribution in [3.8, 4) is 5.69 Å². The zero-order valence-corrected chi connectivity index (χ0v) is 9.18. The number of benzene rings is 1. The van der Waals surface area contributed by atoms with Gasteiger partial charge in [0.25, 0.3) is 0 Å². The molecule has 2 rings (SSSR count). The standard InChI is InChI=1S/C11H13N3O2/c1-8(2)13-10(15)12-11(16)14(13)9-6-4-3-5-7-9/h3-8H,1-2H3,(H,12,15,16). The first-order chi connectivity index (χ1) is 7.61. The third kappa shape index (κ3) is 1.60. The number of nitrogens with one attached hydrogen (secondary N) is 1. The van der Waals surface area contributed by atoms with Crippen LogP contribution in [-0.4, -0.2) is 14.3 Å². The Morgan fingerprint density at radius 2 is 1.69 bits per heavy atom. The number of hydrogen-bond acceptors (Lipinski definition) is 2.